The number of benzene rings is 9. The monoisotopic (exact) mass is 653 g/mol. The van der Waals surface area contributed by atoms with Crippen molar-refractivity contribution in [2.45, 2.75) is 0 Å². The summed E-state index contributed by atoms with van der Waals surface area (Å²) in [4.78, 5) is 2.39. The van der Waals surface area contributed by atoms with Crippen LogP contribution in [0.15, 0.2) is 188 Å². The molecule has 0 amide bonds. The molecule has 1 aromatic heterocycles. The average molecular weight is 654 g/mol. The maximum absolute atomic E-state index is 2.39. The van der Waals surface area contributed by atoms with Crippen molar-refractivity contribution >= 4 is 80.9 Å². The van der Waals surface area contributed by atoms with Crippen LogP contribution >= 0.6 is 11.3 Å². The zero-order valence-electron chi connectivity index (χ0n) is 27.3. The molecule has 10 rings (SSSR count). The molecule has 0 unspecified atom stereocenters. The van der Waals surface area contributed by atoms with Gasteiger partial charge in [-0.2, -0.15) is 0 Å². The predicted molar refractivity (Wildman–Crippen MR) is 217 cm³/mol. The zero-order valence-corrected chi connectivity index (χ0v) is 28.1. The second-order valence-electron chi connectivity index (χ2n) is 13.0. The predicted octanol–water partition coefficient (Wildman–Crippen LogP) is 14.3. The first-order valence-corrected chi connectivity index (χ1v) is 17.9. The summed E-state index contributed by atoms with van der Waals surface area (Å²) in [5, 5.41) is 10.4. The fourth-order valence-electron chi connectivity index (χ4n) is 7.57. The molecular weight excluding hydrogens is 623 g/mol. The lowest BCUT2D eigenvalue weighted by Gasteiger charge is -2.26. The van der Waals surface area contributed by atoms with E-state index in [9.17, 15) is 0 Å². The van der Waals surface area contributed by atoms with Crippen LogP contribution in [0.4, 0.5) is 17.1 Å². The van der Waals surface area contributed by atoms with Gasteiger partial charge in [0, 0.05) is 37.2 Å². The Bertz CT molecular complexity index is 2870. The smallest absolute Gasteiger partial charge is 0.0476 e. The van der Waals surface area contributed by atoms with E-state index in [-0.39, 0.29) is 0 Å². The van der Waals surface area contributed by atoms with Crippen molar-refractivity contribution in [3.63, 3.8) is 0 Å². The van der Waals surface area contributed by atoms with E-state index in [1.54, 1.807) is 0 Å². The lowest BCUT2D eigenvalue weighted by molar-refractivity contribution is 1.29. The van der Waals surface area contributed by atoms with Crippen molar-refractivity contribution in [3.05, 3.63) is 188 Å². The Balaban J connectivity index is 1.08. The minimum absolute atomic E-state index is 1.12. The van der Waals surface area contributed by atoms with Crippen LogP contribution in [0.1, 0.15) is 0 Å². The lowest BCUT2D eigenvalue weighted by atomic mass is 9.94. The Labute approximate surface area is 294 Å². The summed E-state index contributed by atoms with van der Waals surface area (Å²) in [6.07, 6.45) is 0. The summed E-state index contributed by atoms with van der Waals surface area (Å²) >= 11 is 1.86. The van der Waals surface area contributed by atoms with Gasteiger partial charge in [-0.05, 0) is 103 Å². The van der Waals surface area contributed by atoms with E-state index in [0.717, 1.165) is 17.1 Å². The van der Waals surface area contributed by atoms with Crippen molar-refractivity contribution in [2.75, 3.05) is 4.90 Å². The molecule has 1 nitrogen and oxygen atoms in total. The van der Waals surface area contributed by atoms with Gasteiger partial charge in [0.15, 0.2) is 0 Å². The number of anilines is 3. The first-order valence-electron chi connectivity index (χ1n) is 17.1. The molecule has 0 N–H and O–H groups in total. The molecule has 0 atom stereocenters. The van der Waals surface area contributed by atoms with Gasteiger partial charge < -0.3 is 4.90 Å². The molecule has 9 aromatic carbocycles. The molecule has 0 aliphatic carbocycles. The molecule has 10 aromatic rings. The minimum Gasteiger partial charge on any atom is -0.310 e. The highest BCUT2D eigenvalue weighted by Crippen LogP contribution is 2.42. The van der Waals surface area contributed by atoms with Crippen LogP contribution in [0.5, 0.6) is 0 Å². The second-order valence-corrected chi connectivity index (χ2v) is 14.0. The highest BCUT2D eigenvalue weighted by atomic mass is 32.1. The number of hydrogen-bond acceptors (Lipinski definition) is 2. The molecule has 50 heavy (non-hydrogen) atoms. The van der Waals surface area contributed by atoms with Crippen LogP contribution in [0, 0.1) is 0 Å². The first kappa shape index (κ1) is 28.8. The molecule has 0 bridgehead atoms. The number of hydrogen-bond donors (Lipinski definition) is 0. The Morgan fingerprint density at radius 2 is 0.880 bits per heavy atom. The first-order chi connectivity index (χ1) is 24.8. The summed E-state index contributed by atoms with van der Waals surface area (Å²) in [5.41, 5.74) is 8.22. The largest absolute Gasteiger partial charge is 0.310 e. The Morgan fingerprint density at radius 1 is 0.300 bits per heavy atom. The second kappa shape index (κ2) is 11.7. The Morgan fingerprint density at radius 3 is 1.76 bits per heavy atom. The fraction of sp³-hybridized carbons (Fsp3) is 0. The molecule has 0 radical (unpaired) electrons. The summed E-state index contributed by atoms with van der Waals surface area (Å²) in [6, 6.07) is 68.7. The van der Waals surface area contributed by atoms with Crippen molar-refractivity contribution in [1.82, 2.24) is 0 Å². The van der Waals surface area contributed by atoms with Crippen molar-refractivity contribution in [3.8, 4) is 22.3 Å². The molecule has 0 aliphatic heterocycles. The maximum atomic E-state index is 2.39. The van der Waals surface area contributed by atoms with Crippen molar-refractivity contribution in [1.29, 1.82) is 0 Å². The van der Waals surface area contributed by atoms with E-state index >= 15 is 0 Å². The fourth-order valence-corrected chi connectivity index (χ4v) is 8.71. The third kappa shape index (κ3) is 4.84. The molecule has 0 saturated heterocycles. The average Bonchev–Trinajstić information content (AvgIpc) is 3.56. The van der Waals surface area contributed by atoms with E-state index < -0.39 is 0 Å². The highest BCUT2D eigenvalue weighted by molar-refractivity contribution is 7.25. The molecular formula is C48H31NS. The molecule has 0 saturated carbocycles. The molecule has 234 valence electrons. The van der Waals surface area contributed by atoms with Gasteiger partial charge in [-0.25, -0.2) is 0 Å². The highest BCUT2D eigenvalue weighted by Gasteiger charge is 2.16. The molecule has 2 heteroatoms. The van der Waals surface area contributed by atoms with Crippen LogP contribution in [-0.2, 0) is 0 Å². The maximum Gasteiger partial charge on any atom is 0.0476 e. The SMILES string of the molecule is c1ccc(-c2cccc(N(c3ccc(-c4ccc5c(ccc6ccc7ccccc7c65)c4)cc3)c3ccc4c(c3)sc3ccccc34)c2)cc1. The van der Waals surface area contributed by atoms with E-state index in [1.807, 2.05) is 11.3 Å². The van der Waals surface area contributed by atoms with Crippen LogP contribution < -0.4 is 4.90 Å². The summed E-state index contributed by atoms with van der Waals surface area (Å²) < 4.78 is 2.61. The van der Waals surface area contributed by atoms with Gasteiger partial charge in [-0.3, -0.25) is 0 Å². The van der Waals surface area contributed by atoms with Gasteiger partial charge in [0.2, 0.25) is 0 Å². The third-order valence-electron chi connectivity index (χ3n) is 10.0. The van der Waals surface area contributed by atoms with Crippen LogP contribution in [0.2, 0.25) is 0 Å². The summed E-state index contributed by atoms with van der Waals surface area (Å²) in [5.74, 6) is 0. The standard InChI is InChI=1S/C48H31NS/c1-2-9-32(10-3-1)36-12-8-13-40(30-36)49(41-26-28-45-44-15-6-7-16-46(44)50-47(45)31-41)39-24-21-33(22-25-39)37-23-27-43-38(29-37)20-19-35-18-17-34-11-4-5-14-42(34)48(35)43/h1-31H. The van der Waals surface area contributed by atoms with Gasteiger partial charge in [0.25, 0.3) is 0 Å². The number of thiophene rings is 1. The van der Waals surface area contributed by atoms with Crippen molar-refractivity contribution < 1.29 is 0 Å². The van der Waals surface area contributed by atoms with Gasteiger partial charge in [0.1, 0.15) is 0 Å². The minimum atomic E-state index is 1.12. The van der Waals surface area contributed by atoms with Crippen molar-refractivity contribution in [2.24, 2.45) is 0 Å². The molecule has 0 spiro atoms. The van der Waals surface area contributed by atoms with Gasteiger partial charge >= 0.3 is 0 Å². The summed E-state index contributed by atoms with van der Waals surface area (Å²) in [6.45, 7) is 0. The molecule has 0 aliphatic rings. The summed E-state index contributed by atoms with van der Waals surface area (Å²) in [7, 11) is 0. The van der Waals surface area contributed by atoms with E-state index in [2.05, 4.69) is 193 Å². The van der Waals surface area contributed by atoms with Crippen LogP contribution in [0.25, 0.3) is 74.7 Å². The number of rotatable bonds is 5. The van der Waals surface area contributed by atoms with Gasteiger partial charge in [0.05, 0.1) is 0 Å². The number of nitrogens with zero attached hydrogens (tertiary/aromatic N) is 1. The molecule has 0 fully saturated rings. The van der Waals surface area contributed by atoms with E-state index in [0.29, 0.717) is 0 Å². The van der Waals surface area contributed by atoms with Crippen LogP contribution in [-0.4, -0.2) is 0 Å². The third-order valence-corrected chi connectivity index (χ3v) is 11.1. The van der Waals surface area contributed by atoms with Crippen LogP contribution in [0.3, 0.4) is 0 Å². The van der Waals surface area contributed by atoms with E-state index in [4.69, 9.17) is 0 Å². The molecule has 1 heterocycles. The zero-order chi connectivity index (χ0) is 33.0. The number of fused-ring (bicyclic) bond motifs is 8. The lowest BCUT2D eigenvalue weighted by Crippen LogP contribution is -2.09. The topological polar surface area (TPSA) is 3.24 Å². The Hall–Kier alpha value is -6.22. The normalized spacial score (nSPS) is 11.6. The quantitative estimate of drug-likeness (QED) is 0.167. The van der Waals surface area contributed by atoms with Gasteiger partial charge in [-0.1, -0.05) is 140 Å². The van der Waals surface area contributed by atoms with Gasteiger partial charge in [-0.15, -0.1) is 11.3 Å². The Kier molecular flexibility index (Phi) is 6.75. The van der Waals surface area contributed by atoms with E-state index in [1.165, 1.54) is 74.7 Å².